The zero-order valence-corrected chi connectivity index (χ0v) is 13.1. The van der Waals surface area contributed by atoms with Crippen LogP contribution >= 0.6 is 0 Å². The molecule has 122 valence electrons. The molecule has 0 aliphatic carbocycles. The number of nitrogens with zero attached hydrogens (tertiary/aromatic N) is 2. The Labute approximate surface area is 134 Å². The van der Waals surface area contributed by atoms with Crippen molar-refractivity contribution < 1.29 is 4.79 Å². The maximum Gasteiger partial charge on any atom is 0.340 e. The van der Waals surface area contributed by atoms with Crippen LogP contribution in [0.4, 0.5) is 0 Å². The van der Waals surface area contributed by atoms with Crippen LogP contribution in [0.25, 0.3) is 0 Å². The van der Waals surface area contributed by atoms with Gasteiger partial charge in [0.05, 0.1) is 6.04 Å². The van der Waals surface area contributed by atoms with Gasteiger partial charge in [-0.3, -0.25) is 14.7 Å². The van der Waals surface area contributed by atoms with E-state index >= 15 is 0 Å². The van der Waals surface area contributed by atoms with E-state index in [9.17, 15) is 9.59 Å². The van der Waals surface area contributed by atoms with Crippen LogP contribution in [0.2, 0.25) is 0 Å². The molecule has 1 aliphatic rings. The number of hydrogen-bond donors (Lipinski definition) is 3. The highest BCUT2D eigenvalue weighted by Crippen LogP contribution is 2.29. The van der Waals surface area contributed by atoms with E-state index in [1.807, 2.05) is 18.2 Å². The quantitative estimate of drug-likeness (QED) is 0.790. The first-order valence-corrected chi connectivity index (χ1v) is 7.87. The lowest BCUT2D eigenvalue weighted by Gasteiger charge is -2.34. The molecule has 0 spiro atoms. The molecule has 2 aromatic rings. The number of aromatic amines is 2. The minimum Gasteiger partial charge on any atom is -0.355 e. The van der Waals surface area contributed by atoms with Gasteiger partial charge in [0.25, 0.3) is 5.91 Å². The van der Waals surface area contributed by atoms with Crippen LogP contribution in [0.15, 0.2) is 29.1 Å². The van der Waals surface area contributed by atoms with Crippen LogP contribution in [0.1, 0.15) is 47.1 Å². The third-order valence-corrected chi connectivity index (χ3v) is 4.25. The van der Waals surface area contributed by atoms with Crippen molar-refractivity contribution >= 4 is 5.91 Å². The minimum atomic E-state index is -0.271. The molecule has 1 atom stereocenters. The van der Waals surface area contributed by atoms with E-state index in [1.54, 1.807) is 13.1 Å². The second kappa shape index (κ2) is 6.78. The fourth-order valence-electron chi connectivity index (χ4n) is 3.12. The lowest BCUT2D eigenvalue weighted by atomic mass is 10.00. The number of H-pyrrole nitrogens is 2. The number of hydrogen-bond acceptors (Lipinski definition) is 4. The molecule has 0 bridgehead atoms. The average molecular weight is 315 g/mol. The highest BCUT2D eigenvalue weighted by atomic mass is 16.2. The zero-order chi connectivity index (χ0) is 16.2. The Balaban J connectivity index is 1.79. The van der Waals surface area contributed by atoms with Gasteiger partial charge >= 0.3 is 5.69 Å². The number of carbonyl (C=O) groups excluding carboxylic acids is 1. The molecule has 1 unspecified atom stereocenters. The summed E-state index contributed by atoms with van der Waals surface area (Å²) in [4.78, 5) is 28.2. The lowest BCUT2D eigenvalue weighted by molar-refractivity contribution is 0.0962. The van der Waals surface area contributed by atoms with Gasteiger partial charge in [-0.2, -0.15) is 5.10 Å². The monoisotopic (exact) mass is 315 g/mol. The third kappa shape index (κ3) is 3.50. The zero-order valence-electron chi connectivity index (χ0n) is 13.1. The van der Waals surface area contributed by atoms with Crippen molar-refractivity contribution in [2.45, 2.75) is 31.8 Å². The summed E-state index contributed by atoms with van der Waals surface area (Å²) in [7, 11) is 1.63. The molecule has 3 N–H and O–H groups in total. The van der Waals surface area contributed by atoms with Crippen molar-refractivity contribution in [2.75, 3.05) is 13.6 Å². The molecule has 1 fully saturated rings. The lowest BCUT2D eigenvalue weighted by Crippen LogP contribution is -2.33. The number of benzene rings is 1. The highest BCUT2D eigenvalue weighted by molar-refractivity contribution is 5.94. The van der Waals surface area contributed by atoms with E-state index in [1.165, 1.54) is 0 Å². The van der Waals surface area contributed by atoms with Crippen molar-refractivity contribution in [1.29, 1.82) is 0 Å². The Morgan fingerprint density at radius 3 is 3.04 bits per heavy atom. The molecule has 0 saturated carbocycles. The number of likely N-dealkylation sites (tertiary alicyclic amines) is 1. The van der Waals surface area contributed by atoms with Gasteiger partial charge in [-0.05, 0) is 37.1 Å². The molecule has 7 heteroatoms. The first-order valence-electron chi connectivity index (χ1n) is 7.87. The number of carbonyl (C=O) groups is 1. The summed E-state index contributed by atoms with van der Waals surface area (Å²) in [5.74, 6) is 0.607. The first kappa shape index (κ1) is 15.5. The molecule has 1 amide bonds. The molecule has 1 aromatic heterocycles. The van der Waals surface area contributed by atoms with Gasteiger partial charge in [-0.1, -0.05) is 18.6 Å². The van der Waals surface area contributed by atoms with Crippen molar-refractivity contribution in [2.24, 2.45) is 0 Å². The fraction of sp³-hybridized carbons (Fsp3) is 0.438. The summed E-state index contributed by atoms with van der Waals surface area (Å²) in [6.07, 6.45) is 3.21. The predicted molar refractivity (Wildman–Crippen MR) is 86.0 cm³/mol. The molecular weight excluding hydrogens is 294 g/mol. The summed E-state index contributed by atoms with van der Waals surface area (Å²) in [6, 6.07) is 7.74. The number of amides is 1. The minimum absolute atomic E-state index is 0.0846. The number of piperidine rings is 1. The Morgan fingerprint density at radius 1 is 1.43 bits per heavy atom. The molecular formula is C16H21N5O2. The van der Waals surface area contributed by atoms with Gasteiger partial charge in [-0.25, -0.2) is 9.89 Å². The van der Waals surface area contributed by atoms with E-state index in [4.69, 9.17) is 0 Å². The van der Waals surface area contributed by atoms with Crippen LogP contribution in [-0.4, -0.2) is 39.6 Å². The smallest absolute Gasteiger partial charge is 0.340 e. The van der Waals surface area contributed by atoms with Gasteiger partial charge < -0.3 is 5.32 Å². The maximum atomic E-state index is 11.8. The Bertz CT molecular complexity index is 736. The van der Waals surface area contributed by atoms with E-state index < -0.39 is 0 Å². The molecule has 2 heterocycles. The summed E-state index contributed by atoms with van der Waals surface area (Å²) in [5, 5.41) is 9.18. The maximum absolute atomic E-state index is 11.8. The van der Waals surface area contributed by atoms with Crippen LogP contribution in [0.5, 0.6) is 0 Å². The van der Waals surface area contributed by atoms with Gasteiger partial charge in [-0.15, -0.1) is 0 Å². The van der Waals surface area contributed by atoms with Gasteiger partial charge in [0, 0.05) is 19.2 Å². The van der Waals surface area contributed by atoms with Crippen molar-refractivity contribution in [3.63, 3.8) is 0 Å². The van der Waals surface area contributed by atoms with E-state index in [0.29, 0.717) is 11.4 Å². The molecule has 1 saturated heterocycles. The molecule has 1 aromatic carbocycles. The summed E-state index contributed by atoms with van der Waals surface area (Å²) in [6.45, 7) is 1.67. The molecule has 23 heavy (non-hydrogen) atoms. The molecule has 1 aliphatic heterocycles. The second-order valence-corrected chi connectivity index (χ2v) is 5.82. The third-order valence-electron chi connectivity index (χ3n) is 4.25. The summed E-state index contributed by atoms with van der Waals surface area (Å²) in [5.41, 5.74) is 1.47. The van der Waals surface area contributed by atoms with Crippen molar-refractivity contribution in [3.05, 3.63) is 51.7 Å². The van der Waals surface area contributed by atoms with E-state index in [-0.39, 0.29) is 17.6 Å². The summed E-state index contributed by atoms with van der Waals surface area (Å²) >= 11 is 0. The normalized spacial score (nSPS) is 18.7. The topological polar surface area (TPSA) is 93.9 Å². The first-order chi connectivity index (χ1) is 11.2. The Hall–Kier alpha value is -2.41. The molecule has 0 radical (unpaired) electrons. The number of aromatic nitrogens is 3. The number of rotatable bonds is 4. The van der Waals surface area contributed by atoms with Gasteiger partial charge in [0.1, 0.15) is 5.82 Å². The highest BCUT2D eigenvalue weighted by Gasteiger charge is 2.26. The average Bonchev–Trinajstić information content (AvgIpc) is 3.01. The van der Waals surface area contributed by atoms with Crippen LogP contribution in [-0.2, 0) is 6.54 Å². The van der Waals surface area contributed by atoms with Gasteiger partial charge in [0.15, 0.2) is 0 Å². The van der Waals surface area contributed by atoms with Crippen LogP contribution in [0, 0.1) is 0 Å². The van der Waals surface area contributed by atoms with Crippen LogP contribution in [0.3, 0.4) is 0 Å². The van der Waals surface area contributed by atoms with Crippen molar-refractivity contribution in [1.82, 2.24) is 25.4 Å². The molecule has 7 nitrogen and oxygen atoms in total. The number of nitrogens with one attached hydrogen (secondary N) is 3. The van der Waals surface area contributed by atoms with E-state index in [0.717, 1.165) is 37.9 Å². The van der Waals surface area contributed by atoms with Crippen molar-refractivity contribution in [3.8, 4) is 0 Å². The Kier molecular flexibility index (Phi) is 4.57. The van der Waals surface area contributed by atoms with E-state index in [2.05, 4.69) is 25.4 Å². The fourth-order valence-corrected chi connectivity index (χ4v) is 3.12. The Morgan fingerprint density at radius 2 is 2.30 bits per heavy atom. The second-order valence-electron chi connectivity index (χ2n) is 5.82. The van der Waals surface area contributed by atoms with Gasteiger partial charge in [0.2, 0.25) is 0 Å². The standard InChI is InChI=1S/C16H21N5O2/c1-17-15(22)12-6-4-5-11(9-12)10-21-8-3-2-7-13(21)14-18-16(23)20-19-14/h4-6,9,13H,2-3,7-8,10H2,1H3,(H,17,22)(H2,18,19,20,23). The molecule has 3 rings (SSSR count). The predicted octanol–water partition coefficient (Wildman–Crippen LogP) is 1.18. The largest absolute Gasteiger partial charge is 0.355 e. The SMILES string of the molecule is CNC(=O)c1cccc(CN2CCCCC2c2n[nH]c(=O)[nH]2)c1. The van der Waals surface area contributed by atoms with Crippen LogP contribution < -0.4 is 11.0 Å². The summed E-state index contributed by atoms with van der Waals surface area (Å²) < 4.78 is 0.